The molecule has 0 radical (unpaired) electrons. The van der Waals surface area contributed by atoms with Crippen LogP contribution in [-0.4, -0.2) is 27.7 Å². The Hall–Kier alpha value is -2.15. The Labute approximate surface area is 131 Å². The highest BCUT2D eigenvalue weighted by Gasteiger charge is 2.35. The zero-order chi connectivity index (χ0) is 15.7. The van der Waals surface area contributed by atoms with E-state index in [0.29, 0.717) is 29.6 Å². The second kappa shape index (κ2) is 5.92. The molecule has 5 nitrogen and oxygen atoms in total. The number of halogens is 1. The summed E-state index contributed by atoms with van der Waals surface area (Å²) in [5.41, 5.74) is 6.77. The van der Waals surface area contributed by atoms with E-state index in [2.05, 4.69) is 9.97 Å². The van der Waals surface area contributed by atoms with Gasteiger partial charge in [-0.1, -0.05) is 23.9 Å². The lowest BCUT2D eigenvalue weighted by Crippen LogP contribution is -2.28. The molecule has 114 valence electrons. The molecule has 0 saturated carbocycles. The molecule has 3 rings (SSSR count). The molecule has 1 aromatic carbocycles. The van der Waals surface area contributed by atoms with E-state index in [1.54, 1.807) is 24.3 Å². The van der Waals surface area contributed by atoms with Crippen molar-refractivity contribution in [2.45, 2.75) is 23.8 Å². The van der Waals surface area contributed by atoms with Gasteiger partial charge in [-0.3, -0.25) is 4.79 Å². The number of aromatic nitrogens is 2. The van der Waals surface area contributed by atoms with Gasteiger partial charge in [0.15, 0.2) is 5.16 Å². The van der Waals surface area contributed by atoms with Crippen LogP contribution in [0, 0.1) is 12.7 Å². The molecule has 1 aliphatic heterocycles. The maximum atomic E-state index is 13.8. The SMILES string of the molecule is Cc1cc(N)nc(S[C@@H]2CCN(c3ccccc3F)C2=O)n1. The first-order valence-corrected chi connectivity index (χ1v) is 7.76. The second-order valence-corrected chi connectivity index (χ2v) is 6.22. The van der Waals surface area contributed by atoms with Crippen molar-refractivity contribution >= 4 is 29.2 Å². The first kappa shape index (κ1) is 14.8. The van der Waals surface area contributed by atoms with Crippen molar-refractivity contribution in [1.82, 2.24) is 9.97 Å². The number of anilines is 2. The van der Waals surface area contributed by atoms with Crippen LogP contribution in [0.1, 0.15) is 12.1 Å². The standard InChI is InChI=1S/C15H15FN4OS/c1-9-8-13(17)19-15(18-9)22-12-6-7-20(14(12)21)11-5-3-2-4-10(11)16/h2-5,8,12H,6-7H2,1H3,(H2,17,18,19)/t12-/m1/s1. The predicted octanol–water partition coefficient (Wildman–Crippen LogP) is 2.40. The lowest BCUT2D eigenvalue weighted by atomic mass is 10.3. The maximum Gasteiger partial charge on any atom is 0.240 e. The highest BCUT2D eigenvalue weighted by atomic mass is 32.2. The van der Waals surface area contributed by atoms with E-state index >= 15 is 0 Å². The molecular formula is C15H15FN4OS. The number of nitrogen functional groups attached to an aromatic ring is 1. The molecule has 0 spiro atoms. The Morgan fingerprint density at radius 2 is 2.14 bits per heavy atom. The minimum absolute atomic E-state index is 0.126. The minimum Gasteiger partial charge on any atom is -0.384 e. The van der Waals surface area contributed by atoms with E-state index in [1.807, 2.05) is 6.92 Å². The normalized spacial score (nSPS) is 18.0. The van der Waals surface area contributed by atoms with Crippen molar-refractivity contribution in [1.29, 1.82) is 0 Å². The van der Waals surface area contributed by atoms with E-state index in [9.17, 15) is 9.18 Å². The Morgan fingerprint density at radius 3 is 2.86 bits per heavy atom. The van der Waals surface area contributed by atoms with Gasteiger partial charge in [-0.2, -0.15) is 0 Å². The number of benzene rings is 1. The Morgan fingerprint density at radius 1 is 1.36 bits per heavy atom. The van der Waals surface area contributed by atoms with Gasteiger partial charge in [0, 0.05) is 18.3 Å². The average molecular weight is 318 g/mol. The van der Waals surface area contributed by atoms with Crippen molar-refractivity contribution in [3.05, 3.63) is 41.8 Å². The monoisotopic (exact) mass is 318 g/mol. The molecule has 0 aliphatic carbocycles. The number of hydrogen-bond donors (Lipinski definition) is 1. The predicted molar refractivity (Wildman–Crippen MR) is 84.2 cm³/mol. The fraction of sp³-hybridized carbons (Fsp3) is 0.267. The number of nitrogens with two attached hydrogens (primary N) is 1. The van der Waals surface area contributed by atoms with Crippen LogP contribution in [-0.2, 0) is 4.79 Å². The van der Waals surface area contributed by atoms with E-state index in [0.717, 1.165) is 5.69 Å². The van der Waals surface area contributed by atoms with Crippen molar-refractivity contribution in [2.75, 3.05) is 17.2 Å². The van der Waals surface area contributed by atoms with Gasteiger partial charge in [-0.25, -0.2) is 14.4 Å². The summed E-state index contributed by atoms with van der Waals surface area (Å²) in [7, 11) is 0. The number of para-hydroxylation sites is 1. The van der Waals surface area contributed by atoms with Crippen molar-refractivity contribution in [3.8, 4) is 0 Å². The van der Waals surface area contributed by atoms with Gasteiger partial charge in [-0.05, 0) is 25.5 Å². The maximum absolute atomic E-state index is 13.8. The summed E-state index contributed by atoms with van der Waals surface area (Å²) in [6.07, 6.45) is 0.620. The lowest BCUT2D eigenvalue weighted by molar-refractivity contribution is -0.116. The van der Waals surface area contributed by atoms with E-state index in [4.69, 9.17) is 5.73 Å². The molecule has 2 N–H and O–H groups in total. The van der Waals surface area contributed by atoms with Crippen molar-refractivity contribution in [3.63, 3.8) is 0 Å². The number of aryl methyl sites for hydroxylation is 1. The molecule has 1 aliphatic rings. The molecule has 0 bridgehead atoms. The zero-order valence-electron chi connectivity index (χ0n) is 12.0. The third-order valence-corrected chi connectivity index (χ3v) is 4.52. The average Bonchev–Trinajstić information content (AvgIpc) is 2.80. The van der Waals surface area contributed by atoms with Crippen molar-refractivity contribution in [2.24, 2.45) is 0 Å². The molecule has 1 aromatic heterocycles. The van der Waals surface area contributed by atoms with Gasteiger partial charge in [0.05, 0.1) is 10.9 Å². The third-order valence-electron chi connectivity index (χ3n) is 3.40. The summed E-state index contributed by atoms with van der Waals surface area (Å²) in [5.74, 6) is -0.136. The summed E-state index contributed by atoms with van der Waals surface area (Å²) in [4.78, 5) is 22.4. The first-order chi connectivity index (χ1) is 10.5. The summed E-state index contributed by atoms with van der Waals surface area (Å²) < 4.78 is 13.8. The van der Waals surface area contributed by atoms with Crippen LogP contribution in [0.15, 0.2) is 35.5 Å². The summed E-state index contributed by atoms with van der Waals surface area (Å²) in [5, 5.41) is 0.159. The van der Waals surface area contributed by atoms with Crippen LogP contribution in [0.25, 0.3) is 0 Å². The Bertz CT molecular complexity index is 704. The Kier molecular flexibility index (Phi) is 3.98. The molecular weight excluding hydrogens is 303 g/mol. The molecule has 7 heteroatoms. The number of carbonyl (C=O) groups is 1. The van der Waals surface area contributed by atoms with Gasteiger partial charge in [0.2, 0.25) is 5.91 Å². The topological polar surface area (TPSA) is 72.1 Å². The van der Waals surface area contributed by atoms with E-state index in [-0.39, 0.29) is 11.2 Å². The smallest absolute Gasteiger partial charge is 0.240 e. The summed E-state index contributed by atoms with van der Waals surface area (Å²) in [6, 6.07) is 7.96. The summed E-state index contributed by atoms with van der Waals surface area (Å²) >= 11 is 1.28. The van der Waals surface area contributed by atoms with Gasteiger partial charge >= 0.3 is 0 Å². The van der Waals surface area contributed by atoms with Crippen LogP contribution in [0.2, 0.25) is 0 Å². The molecule has 2 aromatic rings. The van der Waals surface area contributed by atoms with Gasteiger partial charge in [0.1, 0.15) is 11.6 Å². The minimum atomic E-state index is -0.391. The number of hydrogen-bond acceptors (Lipinski definition) is 5. The number of rotatable bonds is 3. The zero-order valence-corrected chi connectivity index (χ0v) is 12.8. The lowest BCUT2D eigenvalue weighted by Gasteiger charge is -2.17. The first-order valence-electron chi connectivity index (χ1n) is 6.88. The van der Waals surface area contributed by atoms with Gasteiger partial charge < -0.3 is 10.6 Å². The molecule has 1 atom stereocenters. The number of amides is 1. The molecule has 1 saturated heterocycles. The van der Waals surface area contributed by atoms with Crippen LogP contribution >= 0.6 is 11.8 Å². The van der Waals surface area contributed by atoms with E-state index in [1.165, 1.54) is 22.7 Å². The van der Waals surface area contributed by atoms with Crippen LogP contribution < -0.4 is 10.6 Å². The number of nitrogens with zero attached hydrogens (tertiary/aromatic N) is 3. The van der Waals surface area contributed by atoms with Gasteiger partial charge in [-0.15, -0.1) is 0 Å². The fourth-order valence-corrected chi connectivity index (χ4v) is 3.48. The molecule has 1 fully saturated rings. The second-order valence-electron chi connectivity index (χ2n) is 5.05. The third kappa shape index (κ3) is 2.89. The van der Waals surface area contributed by atoms with Crippen LogP contribution in [0.4, 0.5) is 15.9 Å². The number of carbonyl (C=O) groups excluding carboxylic acids is 1. The van der Waals surface area contributed by atoms with Crippen molar-refractivity contribution < 1.29 is 9.18 Å². The summed E-state index contributed by atoms with van der Waals surface area (Å²) in [6.45, 7) is 2.31. The van der Waals surface area contributed by atoms with E-state index < -0.39 is 5.82 Å². The quantitative estimate of drug-likeness (QED) is 0.880. The molecule has 22 heavy (non-hydrogen) atoms. The number of thioether (sulfide) groups is 1. The largest absolute Gasteiger partial charge is 0.384 e. The highest BCUT2D eigenvalue weighted by molar-refractivity contribution is 8.00. The highest BCUT2D eigenvalue weighted by Crippen LogP contribution is 2.32. The Balaban J connectivity index is 1.78. The van der Waals surface area contributed by atoms with Crippen LogP contribution in [0.3, 0.4) is 0 Å². The molecule has 2 heterocycles. The van der Waals surface area contributed by atoms with Gasteiger partial charge in [0.25, 0.3) is 0 Å². The fourth-order valence-electron chi connectivity index (χ4n) is 2.42. The molecule has 1 amide bonds. The van der Waals surface area contributed by atoms with Crippen LogP contribution in [0.5, 0.6) is 0 Å². The molecule has 0 unspecified atom stereocenters.